The zero-order valence-electron chi connectivity index (χ0n) is 17.4. The molecule has 1 heterocycles. The molecule has 0 atom stereocenters. The van der Waals surface area contributed by atoms with E-state index in [1.807, 2.05) is 0 Å². The van der Waals surface area contributed by atoms with Crippen molar-refractivity contribution in [3.05, 3.63) is 45.2 Å². The maximum atomic E-state index is 13.0. The second-order valence-corrected chi connectivity index (χ2v) is 8.84. The number of hydrogen-bond donors (Lipinski definition) is 0. The predicted octanol–water partition coefficient (Wildman–Crippen LogP) is 4.12. The van der Waals surface area contributed by atoms with Gasteiger partial charge in [-0.3, -0.25) is 14.4 Å². The van der Waals surface area contributed by atoms with Gasteiger partial charge in [-0.1, -0.05) is 15.9 Å². The van der Waals surface area contributed by atoms with Crippen LogP contribution in [0.4, 0.5) is 0 Å². The molecule has 158 valence electrons. The van der Waals surface area contributed by atoms with Crippen LogP contribution in [-0.2, 0) is 20.8 Å². The van der Waals surface area contributed by atoms with Crippen LogP contribution in [-0.4, -0.2) is 40.3 Å². The molecule has 0 N–H and O–H groups in total. The molecule has 3 rings (SSSR count). The fraction of sp³-hybridized carbons (Fsp3) is 0.364. The van der Waals surface area contributed by atoms with Crippen LogP contribution in [0.3, 0.4) is 0 Å². The number of carbonyl (C=O) groups excluding carboxylic acids is 4. The first-order chi connectivity index (χ1) is 14.0. The Bertz CT molecular complexity index is 1090. The molecule has 0 saturated heterocycles. The number of rotatable bonds is 4. The lowest BCUT2D eigenvalue weighted by Crippen LogP contribution is -2.29. The van der Waals surface area contributed by atoms with E-state index in [9.17, 15) is 19.2 Å². The Labute approximate surface area is 182 Å². The van der Waals surface area contributed by atoms with Gasteiger partial charge in [-0.2, -0.15) is 0 Å². The lowest BCUT2D eigenvalue weighted by Gasteiger charge is -2.21. The summed E-state index contributed by atoms with van der Waals surface area (Å²) in [6.07, 6.45) is 0. The smallest absolute Gasteiger partial charge is 0.340 e. The summed E-state index contributed by atoms with van der Waals surface area (Å²) in [5, 5.41) is 0. The van der Waals surface area contributed by atoms with Gasteiger partial charge in [0, 0.05) is 21.3 Å². The van der Waals surface area contributed by atoms with Crippen molar-refractivity contribution in [1.29, 1.82) is 0 Å². The minimum absolute atomic E-state index is 0.00277. The van der Waals surface area contributed by atoms with E-state index in [1.54, 1.807) is 46.8 Å². The van der Waals surface area contributed by atoms with Gasteiger partial charge in [-0.05, 0) is 58.4 Å². The molecule has 0 spiro atoms. The standard InChI is InChI=1S/C22H22BrNO6/c1-6-29-21(28)16-11(2)24(10-15(25)30-22(3,4)5)18-17(16)14-9-12(23)7-8-13(14)19(26)20(18)27/h7-9H,6,10H2,1-5H3. The lowest BCUT2D eigenvalue weighted by atomic mass is 9.86. The van der Waals surface area contributed by atoms with E-state index in [-0.39, 0.29) is 30.0 Å². The number of ketones is 2. The van der Waals surface area contributed by atoms with Crippen LogP contribution >= 0.6 is 15.9 Å². The molecule has 0 aliphatic heterocycles. The molecule has 1 aliphatic carbocycles. The number of nitrogens with zero attached hydrogens (tertiary/aromatic N) is 1. The number of carbonyl (C=O) groups is 4. The molecule has 8 heteroatoms. The van der Waals surface area contributed by atoms with Crippen molar-refractivity contribution in [3.63, 3.8) is 0 Å². The van der Waals surface area contributed by atoms with E-state index < -0.39 is 29.1 Å². The second kappa shape index (κ2) is 7.83. The van der Waals surface area contributed by atoms with Crippen molar-refractivity contribution in [1.82, 2.24) is 4.57 Å². The highest BCUT2D eigenvalue weighted by molar-refractivity contribution is 9.10. The maximum absolute atomic E-state index is 13.0. The van der Waals surface area contributed by atoms with Gasteiger partial charge in [0.05, 0.1) is 12.2 Å². The molecule has 0 bridgehead atoms. The lowest BCUT2D eigenvalue weighted by molar-refractivity contribution is -0.155. The van der Waals surface area contributed by atoms with Crippen molar-refractivity contribution >= 4 is 39.4 Å². The van der Waals surface area contributed by atoms with E-state index in [0.717, 1.165) is 0 Å². The second-order valence-electron chi connectivity index (χ2n) is 7.93. The Kier molecular flexibility index (Phi) is 5.73. The summed E-state index contributed by atoms with van der Waals surface area (Å²) < 4.78 is 12.6. The van der Waals surface area contributed by atoms with Gasteiger partial charge in [-0.15, -0.1) is 0 Å². The minimum atomic E-state index is -0.776. The molecule has 1 aliphatic rings. The average Bonchev–Trinajstić information content (AvgIpc) is 2.91. The molecule has 0 unspecified atom stereocenters. The van der Waals surface area contributed by atoms with Crippen LogP contribution in [0.5, 0.6) is 0 Å². The third-order valence-corrected chi connectivity index (χ3v) is 5.12. The highest BCUT2D eigenvalue weighted by Crippen LogP contribution is 2.41. The van der Waals surface area contributed by atoms with Gasteiger partial charge in [0.2, 0.25) is 5.78 Å². The largest absolute Gasteiger partial charge is 0.462 e. The SMILES string of the molecule is CCOC(=O)c1c2c(n(CC(=O)OC(C)(C)C)c1C)C(=O)C(=O)c1ccc(Br)cc1-2. The number of esters is 2. The molecule has 0 radical (unpaired) electrons. The van der Waals surface area contributed by atoms with Crippen molar-refractivity contribution in [2.75, 3.05) is 6.61 Å². The van der Waals surface area contributed by atoms with Crippen molar-refractivity contribution in [3.8, 4) is 11.1 Å². The summed E-state index contributed by atoms with van der Waals surface area (Å²) in [4.78, 5) is 51.1. The summed E-state index contributed by atoms with van der Waals surface area (Å²) in [7, 11) is 0. The zero-order chi connectivity index (χ0) is 22.4. The van der Waals surface area contributed by atoms with Gasteiger partial charge < -0.3 is 14.0 Å². The van der Waals surface area contributed by atoms with Crippen LogP contribution in [0.15, 0.2) is 22.7 Å². The quantitative estimate of drug-likeness (QED) is 0.487. The topological polar surface area (TPSA) is 91.7 Å². The Morgan fingerprint density at radius 2 is 1.77 bits per heavy atom. The third kappa shape index (κ3) is 3.84. The molecule has 7 nitrogen and oxygen atoms in total. The van der Waals surface area contributed by atoms with Crippen molar-refractivity contribution in [2.45, 2.75) is 46.8 Å². The Hall–Kier alpha value is -2.74. The van der Waals surface area contributed by atoms with Crippen LogP contribution in [0.25, 0.3) is 11.1 Å². The first-order valence-electron chi connectivity index (χ1n) is 9.47. The van der Waals surface area contributed by atoms with Crippen LogP contribution in [0.2, 0.25) is 0 Å². The number of ether oxygens (including phenoxy) is 2. The molecule has 0 saturated carbocycles. The van der Waals surface area contributed by atoms with E-state index >= 15 is 0 Å². The van der Waals surface area contributed by atoms with Gasteiger partial charge in [0.1, 0.15) is 17.8 Å². The van der Waals surface area contributed by atoms with Crippen molar-refractivity contribution in [2.24, 2.45) is 0 Å². The fourth-order valence-electron chi connectivity index (χ4n) is 3.54. The number of halogens is 1. The molecule has 1 aromatic carbocycles. The van der Waals surface area contributed by atoms with E-state index in [2.05, 4.69) is 15.9 Å². The van der Waals surface area contributed by atoms with Gasteiger partial charge in [-0.25, -0.2) is 4.79 Å². The summed E-state index contributed by atoms with van der Waals surface area (Å²) in [5.41, 5.74) is 0.745. The highest BCUT2D eigenvalue weighted by Gasteiger charge is 2.39. The molecule has 0 fully saturated rings. The van der Waals surface area contributed by atoms with Crippen LogP contribution < -0.4 is 0 Å². The zero-order valence-corrected chi connectivity index (χ0v) is 19.0. The molecule has 2 aromatic rings. The van der Waals surface area contributed by atoms with Crippen LogP contribution in [0.1, 0.15) is 64.6 Å². The first kappa shape index (κ1) is 22.0. The summed E-state index contributed by atoms with van der Waals surface area (Å²) in [6, 6.07) is 4.88. The van der Waals surface area contributed by atoms with Gasteiger partial charge >= 0.3 is 11.9 Å². The number of hydrogen-bond acceptors (Lipinski definition) is 6. The number of aromatic nitrogens is 1. The minimum Gasteiger partial charge on any atom is -0.462 e. The van der Waals surface area contributed by atoms with Gasteiger partial charge in [0.25, 0.3) is 5.78 Å². The average molecular weight is 476 g/mol. The number of fused-ring (bicyclic) bond motifs is 3. The Balaban J connectivity index is 2.28. The summed E-state index contributed by atoms with van der Waals surface area (Å²) >= 11 is 3.37. The van der Waals surface area contributed by atoms with E-state index in [4.69, 9.17) is 9.47 Å². The number of benzene rings is 1. The first-order valence-corrected chi connectivity index (χ1v) is 10.3. The number of Topliss-reactive ketones (excluding diaryl/α,β-unsaturated/α-hetero) is 2. The summed E-state index contributed by atoms with van der Waals surface area (Å²) in [5.74, 6) is -2.67. The molecular weight excluding hydrogens is 454 g/mol. The monoisotopic (exact) mass is 475 g/mol. The predicted molar refractivity (Wildman–Crippen MR) is 113 cm³/mol. The maximum Gasteiger partial charge on any atom is 0.340 e. The fourth-order valence-corrected chi connectivity index (χ4v) is 3.90. The normalized spacial score (nSPS) is 13.0. The van der Waals surface area contributed by atoms with E-state index in [1.165, 1.54) is 10.6 Å². The van der Waals surface area contributed by atoms with Crippen LogP contribution in [0, 0.1) is 6.92 Å². The molecule has 0 amide bonds. The Morgan fingerprint density at radius 3 is 2.37 bits per heavy atom. The molecule has 30 heavy (non-hydrogen) atoms. The molecule has 1 aromatic heterocycles. The summed E-state index contributed by atoms with van der Waals surface area (Å²) in [6.45, 7) is 8.32. The highest BCUT2D eigenvalue weighted by atomic mass is 79.9. The molecular formula is C22H22BrNO6. The Morgan fingerprint density at radius 1 is 1.10 bits per heavy atom. The third-order valence-electron chi connectivity index (χ3n) is 4.63. The van der Waals surface area contributed by atoms with Gasteiger partial charge in [0.15, 0.2) is 0 Å². The van der Waals surface area contributed by atoms with E-state index in [0.29, 0.717) is 21.3 Å². The van der Waals surface area contributed by atoms with Crippen molar-refractivity contribution < 1.29 is 28.7 Å².